The van der Waals surface area contributed by atoms with Crippen molar-refractivity contribution in [2.24, 2.45) is 0 Å². The summed E-state index contributed by atoms with van der Waals surface area (Å²) in [7, 11) is -3.21. The van der Waals surface area contributed by atoms with Crippen LogP contribution in [0, 0.1) is 0 Å². The third kappa shape index (κ3) is 4.67. The predicted octanol–water partition coefficient (Wildman–Crippen LogP) is 3.84. The number of amides is 1. The van der Waals surface area contributed by atoms with Gasteiger partial charge >= 0.3 is 0 Å². The Kier molecular flexibility index (Phi) is 5.90. The molecule has 2 aromatic carbocycles. The Morgan fingerprint density at radius 1 is 1.13 bits per heavy atom. The first-order chi connectivity index (χ1) is 14.8. The topological polar surface area (TPSA) is 84.7 Å². The number of carbonyl (C=O) groups excluding carboxylic acids is 1. The predicted molar refractivity (Wildman–Crippen MR) is 120 cm³/mol. The minimum atomic E-state index is -3.21. The molecule has 0 radical (unpaired) electrons. The van der Waals surface area contributed by atoms with Crippen LogP contribution in [0.5, 0.6) is 0 Å². The van der Waals surface area contributed by atoms with Crippen molar-refractivity contribution < 1.29 is 17.6 Å². The molecule has 1 aliphatic rings. The number of aryl methyl sites for hydroxylation is 1. The summed E-state index contributed by atoms with van der Waals surface area (Å²) in [6.07, 6.45) is 1.13. The SMILES string of the molecule is CCc1ccc2oc(C(=O)N(Cc3ccc(Cl)cc3)[C@H]3CCS(=O)(=O)C3)cc(=O)c2c1. The molecule has 162 valence electrons. The van der Waals surface area contributed by atoms with Crippen LogP contribution in [0.2, 0.25) is 5.02 Å². The van der Waals surface area contributed by atoms with Gasteiger partial charge in [-0.15, -0.1) is 0 Å². The Bertz CT molecular complexity index is 1300. The van der Waals surface area contributed by atoms with E-state index in [0.29, 0.717) is 22.4 Å². The number of rotatable bonds is 5. The smallest absolute Gasteiger partial charge is 0.290 e. The quantitative estimate of drug-likeness (QED) is 0.578. The van der Waals surface area contributed by atoms with Crippen molar-refractivity contribution in [3.05, 3.63) is 80.7 Å². The molecular formula is C23H22ClNO5S. The maximum atomic E-state index is 13.4. The Hall–Kier alpha value is -2.64. The zero-order chi connectivity index (χ0) is 22.2. The van der Waals surface area contributed by atoms with Gasteiger partial charge in [0.25, 0.3) is 5.91 Å². The van der Waals surface area contributed by atoms with Gasteiger partial charge in [-0.1, -0.05) is 36.7 Å². The first kappa shape index (κ1) is 21.6. The lowest BCUT2D eigenvalue weighted by molar-refractivity contribution is 0.0648. The highest BCUT2D eigenvalue weighted by molar-refractivity contribution is 7.91. The van der Waals surface area contributed by atoms with Crippen LogP contribution in [-0.2, 0) is 22.8 Å². The van der Waals surface area contributed by atoms with Gasteiger partial charge in [-0.05, 0) is 48.2 Å². The zero-order valence-corrected chi connectivity index (χ0v) is 18.6. The van der Waals surface area contributed by atoms with Crippen LogP contribution in [0.1, 0.15) is 35.0 Å². The van der Waals surface area contributed by atoms with Crippen molar-refractivity contribution in [3.63, 3.8) is 0 Å². The first-order valence-corrected chi connectivity index (χ1v) is 12.3. The number of fused-ring (bicyclic) bond motifs is 1. The van der Waals surface area contributed by atoms with E-state index in [0.717, 1.165) is 17.5 Å². The van der Waals surface area contributed by atoms with Crippen LogP contribution >= 0.6 is 11.6 Å². The van der Waals surface area contributed by atoms with Gasteiger partial charge in [0.1, 0.15) is 5.58 Å². The molecule has 1 saturated heterocycles. The standard InChI is InChI=1S/C23H22ClNO5S/c1-2-15-5-8-21-19(11-15)20(26)12-22(30-21)23(27)25(18-9-10-31(28,29)14-18)13-16-3-6-17(24)7-4-16/h3-8,11-12,18H,2,9-10,13-14H2,1H3/t18-/m0/s1. The molecule has 0 unspecified atom stereocenters. The molecule has 0 saturated carbocycles. The van der Waals surface area contributed by atoms with E-state index >= 15 is 0 Å². The molecule has 6 nitrogen and oxygen atoms in total. The van der Waals surface area contributed by atoms with Gasteiger partial charge in [0.05, 0.1) is 16.9 Å². The summed E-state index contributed by atoms with van der Waals surface area (Å²) in [5, 5.41) is 0.987. The van der Waals surface area contributed by atoms with Crippen molar-refractivity contribution in [1.29, 1.82) is 0 Å². The summed E-state index contributed by atoms with van der Waals surface area (Å²) in [5.41, 5.74) is 1.83. The molecule has 3 aromatic rings. The van der Waals surface area contributed by atoms with Gasteiger partial charge in [0.15, 0.2) is 21.0 Å². The van der Waals surface area contributed by atoms with Crippen molar-refractivity contribution in [2.75, 3.05) is 11.5 Å². The molecule has 2 heterocycles. The van der Waals surface area contributed by atoms with E-state index in [4.69, 9.17) is 16.0 Å². The second-order valence-electron chi connectivity index (χ2n) is 7.78. The average molecular weight is 460 g/mol. The van der Waals surface area contributed by atoms with E-state index in [1.807, 2.05) is 13.0 Å². The van der Waals surface area contributed by atoms with E-state index in [9.17, 15) is 18.0 Å². The van der Waals surface area contributed by atoms with E-state index in [1.54, 1.807) is 36.4 Å². The van der Waals surface area contributed by atoms with Crippen LogP contribution in [0.3, 0.4) is 0 Å². The third-order valence-corrected chi connectivity index (χ3v) is 7.59. The molecule has 1 atom stereocenters. The summed E-state index contributed by atoms with van der Waals surface area (Å²) in [6.45, 7) is 2.18. The van der Waals surface area contributed by atoms with Crippen molar-refractivity contribution in [3.8, 4) is 0 Å². The lowest BCUT2D eigenvalue weighted by atomic mass is 10.1. The van der Waals surface area contributed by atoms with E-state index < -0.39 is 21.8 Å². The first-order valence-electron chi connectivity index (χ1n) is 10.1. The molecule has 0 spiro atoms. The molecule has 0 bridgehead atoms. The normalized spacial score (nSPS) is 17.7. The van der Waals surface area contributed by atoms with Gasteiger partial charge in [0, 0.05) is 23.7 Å². The largest absolute Gasteiger partial charge is 0.451 e. The Morgan fingerprint density at radius 2 is 1.84 bits per heavy atom. The fraction of sp³-hybridized carbons (Fsp3) is 0.304. The number of hydrogen-bond acceptors (Lipinski definition) is 5. The average Bonchev–Trinajstić information content (AvgIpc) is 3.12. The highest BCUT2D eigenvalue weighted by Gasteiger charge is 2.36. The van der Waals surface area contributed by atoms with Crippen LogP contribution in [0.4, 0.5) is 0 Å². The van der Waals surface area contributed by atoms with E-state index in [1.165, 1.54) is 11.0 Å². The molecule has 0 N–H and O–H groups in total. The summed E-state index contributed by atoms with van der Waals surface area (Å²) < 4.78 is 29.9. The summed E-state index contributed by atoms with van der Waals surface area (Å²) in [5.74, 6) is -0.677. The maximum Gasteiger partial charge on any atom is 0.290 e. The Balaban J connectivity index is 1.72. The summed E-state index contributed by atoms with van der Waals surface area (Å²) in [6, 6.07) is 13.0. The number of benzene rings is 2. The highest BCUT2D eigenvalue weighted by atomic mass is 35.5. The second kappa shape index (κ2) is 8.48. The maximum absolute atomic E-state index is 13.4. The van der Waals surface area contributed by atoms with Gasteiger partial charge < -0.3 is 9.32 Å². The fourth-order valence-corrected chi connectivity index (χ4v) is 5.70. The molecule has 0 aliphatic carbocycles. The van der Waals surface area contributed by atoms with Gasteiger partial charge in [-0.2, -0.15) is 0 Å². The van der Waals surface area contributed by atoms with Crippen molar-refractivity contribution in [1.82, 2.24) is 4.90 Å². The minimum absolute atomic E-state index is 0.0313. The van der Waals surface area contributed by atoms with Crippen LogP contribution in [0.25, 0.3) is 11.0 Å². The minimum Gasteiger partial charge on any atom is -0.451 e. The Morgan fingerprint density at radius 3 is 2.48 bits per heavy atom. The van der Waals surface area contributed by atoms with Gasteiger partial charge in [-0.3, -0.25) is 9.59 Å². The summed E-state index contributed by atoms with van der Waals surface area (Å²) >= 11 is 5.96. The Labute approximate surface area is 185 Å². The molecule has 1 aromatic heterocycles. The molecule has 1 aliphatic heterocycles. The highest BCUT2D eigenvalue weighted by Crippen LogP contribution is 2.24. The van der Waals surface area contributed by atoms with Crippen molar-refractivity contribution in [2.45, 2.75) is 32.4 Å². The lowest BCUT2D eigenvalue weighted by Gasteiger charge is -2.28. The fourth-order valence-electron chi connectivity index (χ4n) is 3.84. The molecular weight excluding hydrogens is 438 g/mol. The van der Waals surface area contributed by atoms with E-state index in [-0.39, 0.29) is 29.2 Å². The lowest BCUT2D eigenvalue weighted by Crippen LogP contribution is -2.40. The molecule has 1 fully saturated rings. The number of nitrogens with zero attached hydrogens (tertiary/aromatic N) is 1. The second-order valence-corrected chi connectivity index (χ2v) is 10.4. The number of halogens is 1. The molecule has 4 rings (SSSR count). The third-order valence-electron chi connectivity index (χ3n) is 5.59. The van der Waals surface area contributed by atoms with Crippen LogP contribution in [-0.4, -0.2) is 36.8 Å². The van der Waals surface area contributed by atoms with Crippen LogP contribution in [0.15, 0.2) is 57.7 Å². The zero-order valence-electron chi connectivity index (χ0n) is 17.0. The number of carbonyl (C=O) groups is 1. The van der Waals surface area contributed by atoms with Gasteiger partial charge in [0.2, 0.25) is 0 Å². The number of sulfone groups is 1. The van der Waals surface area contributed by atoms with Crippen LogP contribution < -0.4 is 5.43 Å². The van der Waals surface area contributed by atoms with Crippen molar-refractivity contribution >= 4 is 38.3 Å². The van der Waals surface area contributed by atoms with Gasteiger partial charge in [-0.25, -0.2) is 8.42 Å². The monoisotopic (exact) mass is 459 g/mol. The van der Waals surface area contributed by atoms with E-state index in [2.05, 4.69) is 0 Å². The summed E-state index contributed by atoms with van der Waals surface area (Å²) in [4.78, 5) is 27.6. The number of hydrogen-bond donors (Lipinski definition) is 0. The molecule has 31 heavy (non-hydrogen) atoms. The molecule has 1 amide bonds. The molecule has 8 heteroatoms.